The number of morpholine rings is 2. The number of nitrogens with one attached hydrogen (secondary N) is 1. The van der Waals surface area contributed by atoms with E-state index in [1.807, 2.05) is 25.3 Å². The van der Waals surface area contributed by atoms with Gasteiger partial charge in [-0.3, -0.25) is 9.69 Å². The summed E-state index contributed by atoms with van der Waals surface area (Å²) in [7, 11) is -3.71. The van der Waals surface area contributed by atoms with Crippen LogP contribution in [-0.2, 0) is 19.5 Å². The number of amides is 1. The SMILES string of the molecule is CC1CN(S(=O)(=O)c2cccc(C(=O)NCC(c3cccs3)N3CCOCC3)c2)CC(C)O1. The molecule has 1 amide bonds. The lowest BCUT2D eigenvalue weighted by molar-refractivity contribution is -0.0440. The lowest BCUT2D eigenvalue weighted by atomic mass is 10.1. The first-order chi connectivity index (χ1) is 15.8. The third-order valence-electron chi connectivity index (χ3n) is 5.93. The van der Waals surface area contributed by atoms with Gasteiger partial charge in [-0.05, 0) is 43.5 Å². The Balaban J connectivity index is 1.47. The molecule has 0 bridgehead atoms. The highest BCUT2D eigenvalue weighted by molar-refractivity contribution is 7.89. The second kappa shape index (κ2) is 10.6. The molecule has 2 aromatic rings. The lowest BCUT2D eigenvalue weighted by Gasteiger charge is -2.34. The maximum absolute atomic E-state index is 13.2. The molecule has 1 aromatic heterocycles. The van der Waals surface area contributed by atoms with Crippen LogP contribution in [0.2, 0.25) is 0 Å². The molecule has 10 heteroatoms. The van der Waals surface area contributed by atoms with Crippen molar-refractivity contribution in [2.45, 2.75) is 37.0 Å². The highest BCUT2D eigenvalue weighted by Gasteiger charge is 2.32. The van der Waals surface area contributed by atoms with Gasteiger partial charge in [0, 0.05) is 43.2 Å². The number of sulfonamides is 1. The lowest BCUT2D eigenvalue weighted by Crippen LogP contribution is -2.48. The van der Waals surface area contributed by atoms with Crippen molar-refractivity contribution in [3.05, 3.63) is 52.2 Å². The molecule has 1 N–H and O–H groups in total. The summed E-state index contributed by atoms with van der Waals surface area (Å²) in [5.74, 6) is -0.287. The number of nitrogens with zero attached hydrogens (tertiary/aromatic N) is 2. The molecule has 2 aliphatic heterocycles. The average molecular weight is 494 g/mol. The van der Waals surface area contributed by atoms with Crippen LogP contribution in [0.1, 0.15) is 35.1 Å². The number of hydrogen-bond donors (Lipinski definition) is 1. The van der Waals surface area contributed by atoms with E-state index in [4.69, 9.17) is 9.47 Å². The molecule has 8 nitrogen and oxygen atoms in total. The fraction of sp³-hybridized carbons (Fsp3) is 0.522. The zero-order valence-corrected chi connectivity index (χ0v) is 20.6. The van der Waals surface area contributed by atoms with Gasteiger partial charge in [0.15, 0.2) is 0 Å². The van der Waals surface area contributed by atoms with E-state index in [0.717, 1.165) is 13.1 Å². The van der Waals surface area contributed by atoms with Gasteiger partial charge in [0.25, 0.3) is 5.91 Å². The molecule has 33 heavy (non-hydrogen) atoms. The van der Waals surface area contributed by atoms with Crippen molar-refractivity contribution in [1.82, 2.24) is 14.5 Å². The summed E-state index contributed by atoms with van der Waals surface area (Å²) in [4.78, 5) is 16.6. The fourth-order valence-electron chi connectivity index (χ4n) is 4.34. The van der Waals surface area contributed by atoms with Crippen LogP contribution in [0.5, 0.6) is 0 Å². The third-order valence-corrected chi connectivity index (χ3v) is 8.74. The van der Waals surface area contributed by atoms with Gasteiger partial charge in [-0.2, -0.15) is 4.31 Å². The maximum Gasteiger partial charge on any atom is 0.251 e. The van der Waals surface area contributed by atoms with Gasteiger partial charge in [0.05, 0.1) is 36.4 Å². The topological polar surface area (TPSA) is 88.2 Å². The summed E-state index contributed by atoms with van der Waals surface area (Å²) in [6.45, 7) is 7.72. The van der Waals surface area contributed by atoms with Crippen molar-refractivity contribution in [1.29, 1.82) is 0 Å². The highest BCUT2D eigenvalue weighted by Crippen LogP contribution is 2.26. The summed E-state index contributed by atoms with van der Waals surface area (Å²) in [5, 5.41) is 5.05. The minimum atomic E-state index is -3.71. The monoisotopic (exact) mass is 493 g/mol. The number of ether oxygens (including phenoxy) is 2. The Labute approximate surface area is 199 Å². The first-order valence-corrected chi connectivity index (χ1v) is 13.6. The van der Waals surface area contributed by atoms with Gasteiger partial charge in [-0.15, -0.1) is 11.3 Å². The van der Waals surface area contributed by atoms with Crippen molar-refractivity contribution >= 4 is 27.3 Å². The zero-order chi connectivity index (χ0) is 23.4. The van der Waals surface area contributed by atoms with Gasteiger partial charge in [0.1, 0.15) is 0 Å². The van der Waals surface area contributed by atoms with E-state index in [1.54, 1.807) is 29.5 Å². The van der Waals surface area contributed by atoms with Crippen LogP contribution in [0.4, 0.5) is 0 Å². The van der Waals surface area contributed by atoms with Crippen molar-refractivity contribution < 1.29 is 22.7 Å². The van der Waals surface area contributed by atoms with Crippen LogP contribution in [0.15, 0.2) is 46.7 Å². The van der Waals surface area contributed by atoms with Gasteiger partial charge in [-0.25, -0.2) is 8.42 Å². The van der Waals surface area contributed by atoms with E-state index in [2.05, 4.69) is 16.3 Å². The van der Waals surface area contributed by atoms with Crippen molar-refractivity contribution in [3.8, 4) is 0 Å². The molecular weight excluding hydrogens is 462 g/mol. The van der Waals surface area contributed by atoms with Crippen molar-refractivity contribution in [2.24, 2.45) is 0 Å². The minimum absolute atomic E-state index is 0.0566. The first-order valence-electron chi connectivity index (χ1n) is 11.2. The Hall–Kier alpha value is -1.82. The van der Waals surface area contributed by atoms with Crippen LogP contribution in [0.3, 0.4) is 0 Å². The predicted molar refractivity (Wildman–Crippen MR) is 127 cm³/mol. The Morgan fingerprint density at radius 2 is 1.88 bits per heavy atom. The largest absolute Gasteiger partial charge is 0.379 e. The number of hydrogen-bond acceptors (Lipinski definition) is 7. The quantitative estimate of drug-likeness (QED) is 0.637. The molecule has 3 heterocycles. The maximum atomic E-state index is 13.2. The Kier molecular flexibility index (Phi) is 7.83. The molecule has 4 rings (SSSR count). The summed E-state index contributed by atoms with van der Waals surface area (Å²) < 4.78 is 39.0. The summed E-state index contributed by atoms with van der Waals surface area (Å²) >= 11 is 1.67. The molecule has 0 saturated carbocycles. The van der Waals surface area contributed by atoms with Gasteiger partial charge >= 0.3 is 0 Å². The van der Waals surface area contributed by atoms with Crippen molar-refractivity contribution in [3.63, 3.8) is 0 Å². The molecule has 2 aliphatic rings. The van der Waals surface area contributed by atoms with E-state index < -0.39 is 10.0 Å². The molecule has 0 aliphatic carbocycles. The Morgan fingerprint density at radius 3 is 2.55 bits per heavy atom. The first kappa shape index (κ1) is 24.3. The summed E-state index contributed by atoms with van der Waals surface area (Å²) in [6, 6.07) is 10.4. The summed E-state index contributed by atoms with van der Waals surface area (Å²) in [6.07, 6.45) is -0.353. The average Bonchev–Trinajstić information content (AvgIpc) is 3.34. The molecule has 3 atom stereocenters. The highest BCUT2D eigenvalue weighted by atomic mass is 32.2. The van der Waals surface area contributed by atoms with Crippen LogP contribution in [-0.4, -0.2) is 81.7 Å². The van der Waals surface area contributed by atoms with Crippen LogP contribution in [0, 0.1) is 0 Å². The zero-order valence-electron chi connectivity index (χ0n) is 19.0. The number of carbonyl (C=O) groups is 1. The molecule has 2 saturated heterocycles. The molecule has 1 aromatic carbocycles. The Bertz CT molecular complexity index is 1030. The third kappa shape index (κ3) is 5.82. The second-order valence-electron chi connectivity index (χ2n) is 8.50. The van der Waals surface area contributed by atoms with Crippen LogP contribution in [0.25, 0.3) is 0 Å². The number of thiophene rings is 1. The molecule has 180 valence electrons. The fourth-order valence-corrected chi connectivity index (χ4v) is 6.84. The van der Waals surface area contributed by atoms with E-state index in [0.29, 0.717) is 38.4 Å². The van der Waals surface area contributed by atoms with E-state index in [9.17, 15) is 13.2 Å². The molecule has 0 radical (unpaired) electrons. The van der Waals surface area contributed by atoms with Gasteiger partial charge < -0.3 is 14.8 Å². The van der Waals surface area contributed by atoms with Gasteiger partial charge in [-0.1, -0.05) is 12.1 Å². The predicted octanol–water partition coefficient (Wildman–Crippen LogP) is 2.35. The number of rotatable bonds is 7. The molecule has 0 spiro atoms. The Morgan fingerprint density at radius 1 is 1.15 bits per heavy atom. The van der Waals surface area contributed by atoms with Gasteiger partial charge in [0.2, 0.25) is 10.0 Å². The normalized spacial score (nSPS) is 23.8. The van der Waals surface area contributed by atoms with Crippen LogP contribution >= 0.6 is 11.3 Å². The van der Waals surface area contributed by atoms with E-state index in [-0.39, 0.29) is 29.1 Å². The number of carbonyl (C=O) groups excluding carboxylic acids is 1. The van der Waals surface area contributed by atoms with E-state index in [1.165, 1.54) is 15.2 Å². The summed E-state index contributed by atoms with van der Waals surface area (Å²) in [5.41, 5.74) is 0.331. The minimum Gasteiger partial charge on any atom is -0.379 e. The number of benzene rings is 1. The molecule has 3 unspecified atom stereocenters. The smallest absolute Gasteiger partial charge is 0.251 e. The van der Waals surface area contributed by atoms with E-state index >= 15 is 0 Å². The molecular formula is C23H31N3O5S2. The van der Waals surface area contributed by atoms with Crippen LogP contribution < -0.4 is 5.32 Å². The molecule has 2 fully saturated rings. The van der Waals surface area contributed by atoms with Crippen molar-refractivity contribution in [2.75, 3.05) is 45.9 Å². The standard InChI is InChI=1S/C23H31N3O5S2/c1-17-15-26(16-18(2)31-17)33(28,29)20-6-3-5-19(13-20)23(27)24-14-21(22-7-4-12-32-22)25-8-10-30-11-9-25/h3-7,12-13,17-18,21H,8-11,14-16H2,1-2H3,(H,24,27). The second-order valence-corrected chi connectivity index (χ2v) is 11.4.